The molecule has 1 fully saturated rings. The predicted molar refractivity (Wildman–Crippen MR) is 98.7 cm³/mol. The number of ether oxygens (including phenoxy) is 2. The molecule has 0 radical (unpaired) electrons. The molecule has 1 aromatic carbocycles. The number of nitrogens with zero attached hydrogens (tertiary/aromatic N) is 1. The number of urea groups is 1. The summed E-state index contributed by atoms with van der Waals surface area (Å²) in [6, 6.07) is 9.11. The first kappa shape index (κ1) is 17.5. The number of carbonyl (C=O) groups is 1. The van der Waals surface area contributed by atoms with E-state index in [0.717, 1.165) is 17.9 Å². The molecule has 3 rings (SSSR count). The molecular weight excluding hydrogens is 340 g/mol. The van der Waals surface area contributed by atoms with Crippen molar-refractivity contribution in [3.8, 4) is 11.5 Å². The molecule has 25 heavy (non-hydrogen) atoms. The molecule has 2 amide bonds. The molecule has 0 aliphatic carbocycles. The van der Waals surface area contributed by atoms with Crippen LogP contribution in [0, 0.1) is 0 Å². The second-order valence-corrected chi connectivity index (χ2v) is 6.99. The van der Waals surface area contributed by atoms with Gasteiger partial charge in [0.1, 0.15) is 17.3 Å². The Bertz CT molecular complexity index is 683. The first-order valence-electron chi connectivity index (χ1n) is 8.13. The highest BCUT2D eigenvalue weighted by Gasteiger charge is 2.23. The molecule has 0 bridgehead atoms. The minimum atomic E-state index is -0.115. The Kier molecular flexibility index (Phi) is 5.75. The van der Waals surface area contributed by atoms with Crippen molar-refractivity contribution in [1.82, 2.24) is 4.90 Å². The Hall–Kier alpha value is -2.28. The number of furan rings is 1. The van der Waals surface area contributed by atoms with E-state index in [1.807, 2.05) is 28.8 Å². The number of hydrogen-bond donors (Lipinski definition) is 1. The molecular formula is C18H22N2O4S. The number of amides is 2. The summed E-state index contributed by atoms with van der Waals surface area (Å²) in [6.07, 6.45) is 2.56. The van der Waals surface area contributed by atoms with E-state index in [0.29, 0.717) is 35.5 Å². The number of rotatable bonds is 4. The van der Waals surface area contributed by atoms with Gasteiger partial charge in [-0.25, -0.2) is 4.79 Å². The monoisotopic (exact) mass is 362 g/mol. The van der Waals surface area contributed by atoms with Crippen LogP contribution in [0.15, 0.2) is 41.0 Å². The first-order chi connectivity index (χ1) is 12.2. The third kappa shape index (κ3) is 4.42. The van der Waals surface area contributed by atoms with Crippen LogP contribution in [0.25, 0.3) is 0 Å². The fourth-order valence-corrected chi connectivity index (χ4v) is 3.94. The maximum Gasteiger partial charge on any atom is 0.321 e. The van der Waals surface area contributed by atoms with Crippen molar-refractivity contribution >= 4 is 23.5 Å². The van der Waals surface area contributed by atoms with Crippen LogP contribution < -0.4 is 14.8 Å². The topological polar surface area (TPSA) is 63.9 Å². The lowest BCUT2D eigenvalue weighted by Gasteiger charge is -2.21. The number of hydrogen-bond acceptors (Lipinski definition) is 5. The Balaban J connectivity index is 1.63. The fraction of sp³-hybridized carbons (Fsp3) is 0.389. The molecule has 6 nitrogen and oxygen atoms in total. The van der Waals surface area contributed by atoms with Crippen molar-refractivity contribution < 1.29 is 18.7 Å². The highest BCUT2D eigenvalue weighted by atomic mass is 32.2. The van der Waals surface area contributed by atoms with Crippen LogP contribution in [0.4, 0.5) is 10.5 Å². The molecule has 1 atom stereocenters. The van der Waals surface area contributed by atoms with Crippen molar-refractivity contribution in [3.05, 3.63) is 42.4 Å². The van der Waals surface area contributed by atoms with Crippen LogP contribution in [0.1, 0.15) is 17.4 Å². The lowest BCUT2D eigenvalue weighted by atomic mass is 10.2. The fourth-order valence-electron chi connectivity index (χ4n) is 2.76. The van der Waals surface area contributed by atoms with Crippen molar-refractivity contribution in [2.45, 2.75) is 11.7 Å². The number of methoxy groups -OCH3 is 2. The van der Waals surface area contributed by atoms with Crippen LogP contribution in [0.5, 0.6) is 11.5 Å². The summed E-state index contributed by atoms with van der Waals surface area (Å²) in [6.45, 7) is 1.39. The number of benzene rings is 1. The van der Waals surface area contributed by atoms with Gasteiger partial charge in [0.2, 0.25) is 0 Å². The normalized spacial score (nSPS) is 17.7. The van der Waals surface area contributed by atoms with Crippen LogP contribution in [0.3, 0.4) is 0 Å². The molecule has 0 saturated carbocycles. The minimum Gasteiger partial charge on any atom is -0.497 e. The Morgan fingerprint density at radius 3 is 2.64 bits per heavy atom. The number of carbonyl (C=O) groups excluding carboxylic acids is 1. The van der Waals surface area contributed by atoms with Crippen molar-refractivity contribution in [2.24, 2.45) is 0 Å². The molecule has 2 aromatic rings. The van der Waals surface area contributed by atoms with E-state index in [2.05, 4.69) is 5.32 Å². The zero-order chi connectivity index (χ0) is 17.6. The van der Waals surface area contributed by atoms with E-state index in [1.54, 1.807) is 38.7 Å². The van der Waals surface area contributed by atoms with Gasteiger partial charge >= 0.3 is 6.03 Å². The van der Waals surface area contributed by atoms with Crippen molar-refractivity contribution in [1.29, 1.82) is 0 Å². The third-order valence-corrected chi connectivity index (χ3v) is 5.38. The summed E-state index contributed by atoms with van der Waals surface area (Å²) in [5.41, 5.74) is 0.653. The van der Waals surface area contributed by atoms with E-state index < -0.39 is 0 Å². The van der Waals surface area contributed by atoms with Gasteiger partial charge in [0.15, 0.2) is 0 Å². The van der Waals surface area contributed by atoms with Gasteiger partial charge in [0, 0.05) is 42.7 Å². The molecule has 134 valence electrons. The van der Waals surface area contributed by atoms with Gasteiger partial charge in [-0.15, -0.1) is 11.8 Å². The number of nitrogens with one attached hydrogen (secondary N) is 1. The van der Waals surface area contributed by atoms with E-state index in [1.165, 1.54) is 0 Å². The Morgan fingerprint density at radius 1 is 1.24 bits per heavy atom. The molecule has 1 aliphatic heterocycles. The lowest BCUT2D eigenvalue weighted by molar-refractivity contribution is 0.214. The maximum absolute atomic E-state index is 12.6. The Labute approximate surface area is 151 Å². The summed E-state index contributed by atoms with van der Waals surface area (Å²) < 4.78 is 16.0. The molecule has 7 heteroatoms. The second-order valence-electron chi connectivity index (χ2n) is 5.68. The van der Waals surface area contributed by atoms with Crippen LogP contribution >= 0.6 is 11.8 Å². The summed E-state index contributed by atoms with van der Waals surface area (Å²) in [7, 11) is 3.17. The molecule has 1 N–H and O–H groups in total. The molecule has 1 saturated heterocycles. The number of thioether (sulfide) groups is 1. The minimum absolute atomic E-state index is 0.115. The average Bonchev–Trinajstić information content (AvgIpc) is 3.05. The smallest absolute Gasteiger partial charge is 0.321 e. The van der Waals surface area contributed by atoms with E-state index in [-0.39, 0.29) is 6.03 Å². The van der Waals surface area contributed by atoms with Crippen molar-refractivity contribution in [2.75, 3.05) is 38.4 Å². The van der Waals surface area contributed by atoms with Gasteiger partial charge in [0.05, 0.1) is 25.7 Å². The summed E-state index contributed by atoms with van der Waals surface area (Å²) in [4.78, 5) is 14.4. The van der Waals surface area contributed by atoms with Gasteiger partial charge in [0.25, 0.3) is 0 Å². The third-order valence-electron chi connectivity index (χ3n) is 4.09. The molecule has 1 unspecified atom stereocenters. The molecule has 1 aliphatic rings. The molecule has 1 aromatic heterocycles. The zero-order valence-corrected chi connectivity index (χ0v) is 15.2. The molecule has 2 heterocycles. The van der Waals surface area contributed by atoms with Gasteiger partial charge in [-0.1, -0.05) is 0 Å². The SMILES string of the molecule is COc1cc(NC(=O)N2CCSC(c3ccco3)CC2)cc(OC)c1. The maximum atomic E-state index is 12.6. The Morgan fingerprint density at radius 2 is 2.00 bits per heavy atom. The zero-order valence-electron chi connectivity index (χ0n) is 14.4. The van der Waals surface area contributed by atoms with E-state index in [4.69, 9.17) is 13.9 Å². The van der Waals surface area contributed by atoms with Gasteiger partial charge in [-0.05, 0) is 18.6 Å². The van der Waals surface area contributed by atoms with Gasteiger partial charge in [-0.3, -0.25) is 0 Å². The second kappa shape index (κ2) is 8.20. The summed E-state index contributed by atoms with van der Waals surface area (Å²) in [5, 5.41) is 3.23. The van der Waals surface area contributed by atoms with Crippen LogP contribution in [-0.4, -0.2) is 44.0 Å². The van der Waals surface area contributed by atoms with Gasteiger partial charge < -0.3 is 24.1 Å². The average molecular weight is 362 g/mol. The van der Waals surface area contributed by atoms with Crippen LogP contribution in [0.2, 0.25) is 0 Å². The standard InChI is InChI=1S/C18H22N2O4S/c1-22-14-10-13(11-15(12-14)23-2)19-18(21)20-6-5-17(25-9-7-20)16-4-3-8-24-16/h3-4,8,10-12,17H,5-7,9H2,1-2H3,(H,19,21). The van der Waals surface area contributed by atoms with E-state index >= 15 is 0 Å². The summed E-state index contributed by atoms with van der Waals surface area (Å²) in [5.74, 6) is 3.13. The largest absolute Gasteiger partial charge is 0.497 e. The quantitative estimate of drug-likeness (QED) is 0.890. The van der Waals surface area contributed by atoms with Gasteiger partial charge in [-0.2, -0.15) is 0 Å². The van der Waals surface area contributed by atoms with E-state index in [9.17, 15) is 4.79 Å². The first-order valence-corrected chi connectivity index (χ1v) is 9.18. The molecule has 0 spiro atoms. The summed E-state index contributed by atoms with van der Waals surface area (Å²) >= 11 is 1.83. The highest BCUT2D eigenvalue weighted by molar-refractivity contribution is 7.99. The lowest BCUT2D eigenvalue weighted by Crippen LogP contribution is -2.36. The van der Waals surface area contributed by atoms with Crippen molar-refractivity contribution in [3.63, 3.8) is 0 Å². The van der Waals surface area contributed by atoms with Crippen LogP contribution in [-0.2, 0) is 0 Å². The predicted octanol–water partition coefficient (Wildman–Crippen LogP) is 4.01. The number of anilines is 1. The highest BCUT2D eigenvalue weighted by Crippen LogP contribution is 2.34.